The van der Waals surface area contributed by atoms with E-state index in [1.165, 1.54) is 19.2 Å². The normalized spacial score (nSPS) is 14.4. The minimum absolute atomic E-state index is 0.0463. The largest absolute Gasteiger partial charge is 0.497 e. The van der Waals surface area contributed by atoms with Crippen molar-refractivity contribution in [2.75, 3.05) is 7.11 Å². The van der Waals surface area contributed by atoms with Gasteiger partial charge >= 0.3 is 6.09 Å². The quantitative estimate of drug-likeness (QED) is 0.270. The van der Waals surface area contributed by atoms with E-state index in [4.69, 9.17) is 19.9 Å². The highest BCUT2D eigenvalue weighted by Crippen LogP contribution is 2.36. The zero-order valence-electron chi connectivity index (χ0n) is 22.4. The van der Waals surface area contributed by atoms with Gasteiger partial charge in [-0.3, -0.25) is 5.32 Å². The van der Waals surface area contributed by atoms with Crippen LogP contribution in [-0.2, 0) is 38.4 Å². The Balaban J connectivity index is 2.22. The Hall–Kier alpha value is -3.70. The summed E-state index contributed by atoms with van der Waals surface area (Å²) in [6, 6.07) is 23.7. The van der Waals surface area contributed by atoms with Crippen molar-refractivity contribution in [1.29, 1.82) is 0 Å². The van der Waals surface area contributed by atoms with E-state index in [9.17, 15) is 18.3 Å². The van der Waals surface area contributed by atoms with Crippen molar-refractivity contribution in [3.05, 3.63) is 102 Å². The van der Waals surface area contributed by atoms with Crippen LogP contribution in [0.1, 0.15) is 37.5 Å². The van der Waals surface area contributed by atoms with Crippen molar-refractivity contribution in [2.45, 2.75) is 50.7 Å². The van der Waals surface area contributed by atoms with Gasteiger partial charge in [-0.15, -0.1) is 0 Å². The molecule has 3 aromatic carbocycles. The second-order valence-electron chi connectivity index (χ2n) is 10.00. The van der Waals surface area contributed by atoms with E-state index in [1.54, 1.807) is 87.5 Å². The minimum atomic E-state index is -3.10. The molecular formula is C29H34N2O7S. The molecular weight excluding hydrogens is 520 g/mol. The van der Waals surface area contributed by atoms with Gasteiger partial charge in [0.2, 0.25) is 15.3 Å². The van der Waals surface area contributed by atoms with Gasteiger partial charge in [-0.25, -0.2) is 4.79 Å². The molecule has 208 valence electrons. The van der Waals surface area contributed by atoms with Gasteiger partial charge in [-0.1, -0.05) is 72.8 Å². The maximum Gasteiger partial charge on any atom is 0.409 e. The van der Waals surface area contributed by atoms with Crippen LogP contribution in [0.2, 0.25) is 0 Å². The number of methoxy groups -OCH3 is 1. The molecule has 0 aliphatic heterocycles. The lowest BCUT2D eigenvalue weighted by Gasteiger charge is -2.45. The second kappa shape index (κ2) is 12.4. The number of carbonyl (C=O) groups excluding carboxylic acids is 1. The van der Waals surface area contributed by atoms with Crippen LogP contribution in [0.5, 0.6) is 5.75 Å². The zero-order valence-corrected chi connectivity index (χ0v) is 23.2. The van der Waals surface area contributed by atoms with E-state index in [1.807, 2.05) is 6.07 Å². The molecule has 0 fully saturated rings. The van der Waals surface area contributed by atoms with Crippen LogP contribution < -0.4 is 15.8 Å². The van der Waals surface area contributed by atoms with Gasteiger partial charge < -0.3 is 25.1 Å². The van der Waals surface area contributed by atoms with Crippen molar-refractivity contribution in [3.8, 4) is 5.75 Å². The number of rotatable bonds is 9. The van der Waals surface area contributed by atoms with Gasteiger partial charge in [0, 0.05) is 6.42 Å². The molecule has 0 radical (unpaired) electrons. The lowest BCUT2D eigenvalue weighted by atomic mass is 9.78. The number of alkyl carbamates (subject to hydrolysis) is 1. The maximum atomic E-state index is 13.1. The molecule has 3 aromatic rings. The average molecular weight is 555 g/mol. The van der Waals surface area contributed by atoms with Crippen LogP contribution in [0.3, 0.4) is 0 Å². The third kappa shape index (κ3) is 7.45. The number of aliphatic hydroxyl groups is 1. The first kappa shape index (κ1) is 29.9. The van der Waals surface area contributed by atoms with Gasteiger partial charge in [0.05, 0.1) is 13.7 Å². The molecule has 9 nitrogen and oxygen atoms in total. The lowest BCUT2D eigenvalue weighted by Crippen LogP contribution is -2.73. The summed E-state index contributed by atoms with van der Waals surface area (Å²) in [4.78, 5) is 13.1. The van der Waals surface area contributed by atoms with Crippen LogP contribution in [0, 0.1) is 0 Å². The van der Waals surface area contributed by atoms with E-state index < -0.39 is 38.3 Å². The predicted molar refractivity (Wildman–Crippen MR) is 148 cm³/mol. The van der Waals surface area contributed by atoms with E-state index >= 15 is 0 Å². The first-order chi connectivity index (χ1) is 18.4. The number of nitrogens with one attached hydrogen (secondary N) is 1. The molecule has 2 atom stereocenters. The first-order valence-electron chi connectivity index (χ1n) is 12.2. The number of nitrogens with two attached hydrogens (primary N) is 1. The van der Waals surface area contributed by atoms with Crippen molar-refractivity contribution >= 4 is 21.4 Å². The number of hydrogen-bond donors (Lipinski definition) is 3. The molecule has 0 saturated heterocycles. The summed E-state index contributed by atoms with van der Waals surface area (Å²) in [6.07, 6.45) is -1.14. The zero-order chi connectivity index (χ0) is 28.7. The molecule has 1 amide bonds. The Morgan fingerprint density at radius 3 is 1.92 bits per heavy atom. The predicted octanol–water partition coefficient (Wildman–Crippen LogP) is 3.53. The summed E-state index contributed by atoms with van der Waals surface area (Å²) in [6.45, 7) is 4.83. The van der Waals surface area contributed by atoms with Crippen LogP contribution in [0.4, 0.5) is 4.79 Å². The summed E-state index contributed by atoms with van der Waals surface area (Å²) >= 11 is 0. The molecule has 4 N–H and O–H groups in total. The molecule has 0 unspecified atom stereocenters. The summed E-state index contributed by atoms with van der Waals surface area (Å²) in [5, 5.41) is 14.3. The van der Waals surface area contributed by atoms with Gasteiger partial charge in [0.15, 0.2) is 5.60 Å². The number of amides is 1. The van der Waals surface area contributed by atoms with Crippen molar-refractivity contribution in [2.24, 2.45) is 5.73 Å². The van der Waals surface area contributed by atoms with Gasteiger partial charge in [-0.2, -0.15) is 8.42 Å². The molecule has 0 bridgehead atoms. The molecule has 0 spiro atoms. The molecule has 0 aliphatic carbocycles. The molecule has 39 heavy (non-hydrogen) atoms. The Kier molecular flexibility index (Phi) is 9.52. The van der Waals surface area contributed by atoms with Crippen LogP contribution in [0.25, 0.3) is 0 Å². The maximum absolute atomic E-state index is 13.1. The van der Waals surface area contributed by atoms with E-state index in [-0.39, 0.29) is 18.6 Å². The van der Waals surface area contributed by atoms with E-state index in [2.05, 4.69) is 5.32 Å². The highest BCUT2D eigenvalue weighted by molar-refractivity contribution is 7.72. The highest BCUT2D eigenvalue weighted by atomic mass is 32.2. The van der Waals surface area contributed by atoms with Crippen molar-refractivity contribution in [1.82, 2.24) is 5.32 Å². The van der Waals surface area contributed by atoms with Gasteiger partial charge in [0.25, 0.3) is 0 Å². The molecule has 0 aliphatic rings. The third-order valence-electron chi connectivity index (χ3n) is 5.86. The summed E-state index contributed by atoms with van der Waals surface area (Å²) < 4.78 is 41.9. The first-order valence-corrected chi connectivity index (χ1v) is 13.3. The summed E-state index contributed by atoms with van der Waals surface area (Å²) in [5.74, 6) is 0.460. The second-order valence-corrected chi connectivity index (χ2v) is 10.8. The van der Waals surface area contributed by atoms with E-state index in [0.717, 1.165) is 0 Å². The Morgan fingerprint density at radius 1 is 0.897 bits per heavy atom. The lowest BCUT2D eigenvalue weighted by molar-refractivity contribution is -0.0231. The smallest absolute Gasteiger partial charge is 0.409 e. The average Bonchev–Trinajstić information content (AvgIpc) is 2.88. The van der Waals surface area contributed by atoms with Crippen molar-refractivity contribution < 1.29 is 32.5 Å². The molecule has 0 saturated carbocycles. The molecule has 0 heterocycles. The molecule has 0 aromatic heterocycles. The topological polar surface area (TPSA) is 137 Å². The Labute approximate surface area is 230 Å². The molecule has 10 heteroatoms. The standard InChI is InChI=1S/C29H34N2O7S/c1-27(2,3)38-26(32)31-28(30,19-21-11-7-5-8-12-21)29(33,23-15-17-24(36-4)18-16-23)25(39(34)35)37-20-22-13-9-6-10-14-22/h5-18,33H,19-20,30H2,1-4H3,(H,31,32)/t28-,29-/m0/s1. The fraction of sp³-hybridized carbons (Fsp3) is 0.310. The van der Waals surface area contributed by atoms with Crippen molar-refractivity contribution in [3.63, 3.8) is 0 Å². The fourth-order valence-corrected chi connectivity index (χ4v) is 4.75. The summed E-state index contributed by atoms with van der Waals surface area (Å²) in [7, 11) is -1.63. The highest BCUT2D eigenvalue weighted by Gasteiger charge is 2.56. The van der Waals surface area contributed by atoms with Crippen LogP contribution in [0.15, 0.2) is 84.9 Å². The van der Waals surface area contributed by atoms with Crippen LogP contribution in [-0.4, -0.2) is 43.0 Å². The fourth-order valence-electron chi connectivity index (χ4n) is 4.05. The third-order valence-corrected chi connectivity index (χ3v) is 6.58. The SMILES string of the molecule is COc1ccc([C@](O)(C(OCc2ccccc2)=S(=O)=O)[C@](N)(Cc2ccccc2)NC(=O)OC(C)(C)C)cc1. The van der Waals surface area contributed by atoms with Gasteiger partial charge in [0.1, 0.15) is 17.0 Å². The van der Waals surface area contributed by atoms with E-state index in [0.29, 0.717) is 16.9 Å². The van der Waals surface area contributed by atoms with Gasteiger partial charge in [-0.05, 0) is 49.6 Å². The Morgan fingerprint density at radius 2 is 1.44 bits per heavy atom. The van der Waals surface area contributed by atoms with Crippen LogP contribution >= 0.6 is 0 Å². The number of carbonyl (C=O) groups is 1. The number of ether oxygens (including phenoxy) is 3. The molecule has 3 rings (SSSR count). The Bertz CT molecular complexity index is 1380. The monoisotopic (exact) mass is 554 g/mol. The number of benzene rings is 3. The minimum Gasteiger partial charge on any atom is -0.497 e. The number of hydrogen-bond acceptors (Lipinski definition) is 8. The summed E-state index contributed by atoms with van der Waals surface area (Å²) in [5.41, 5.74) is 2.53.